The Labute approximate surface area is 203 Å². The Morgan fingerprint density at radius 3 is 2.00 bits per heavy atom. The Balaban J connectivity index is 0. The molecular weight excluding hydrogens is 442 g/mol. The van der Waals surface area contributed by atoms with Crippen molar-refractivity contribution >= 4 is 16.7 Å². The molecule has 0 bridgehead atoms. The molecule has 0 spiro atoms. The van der Waals surface area contributed by atoms with E-state index in [1.165, 1.54) is 70.6 Å². The van der Waals surface area contributed by atoms with E-state index in [2.05, 4.69) is 21.4 Å². The Bertz CT molecular complexity index is 550. The summed E-state index contributed by atoms with van der Waals surface area (Å²) in [6.45, 7) is 5.74. The highest BCUT2D eigenvalue weighted by molar-refractivity contribution is 7.81. The van der Waals surface area contributed by atoms with Crippen LogP contribution in [0.3, 0.4) is 0 Å². The molecule has 0 aromatic rings. The van der Waals surface area contributed by atoms with Crippen LogP contribution in [0.15, 0.2) is 17.1 Å². The predicted molar refractivity (Wildman–Crippen MR) is 138 cm³/mol. The van der Waals surface area contributed by atoms with Crippen LogP contribution >= 0.6 is 0 Å². The summed E-state index contributed by atoms with van der Waals surface area (Å²) in [4.78, 5) is 3.85. The molecule has 0 saturated heterocycles. The van der Waals surface area contributed by atoms with E-state index in [0.717, 1.165) is 25.9 Å². The van der Waals surface area contributed by atoms with Crippen LogP contribution < -0.4 is 11.5 Å². The van der Waals surface area contributed by atoms with Crippen LogP contribution in [0.1, 0.15) is 104 Å². The summed E-state index contributed by atoms with van der Waals surface area (Å²) in [5.41, 5.74) is 0. The van der Waals surface area contributed by atoms with E-state index in [1.807, 2.05) is 6.08 Å². The lowest BCUT2D eigenvalue weighted by molar-refractivity contribution is 0.158. The zero-order valence-electron chi connectivity index (χ0n) is 21.2. The molecule has 1 unspecified atom stereocenters. The number of rotatable bonds is 20. The lowest BCUT2D eigenvalue weighted by Crippen LogP contribution is -2.19. The average Bonchev–Trinajstić information content (AvgIpc) is 3.34. The number of hydrogen-bond donors (Lipinski definition) is 3. The number of hydrogen-bond acceptors (Lipinski definition) is 8. The molecule has 1 rings (SSSR count). The van der Waals surface area contributed by atoms with Gasteiger partial charge in [-0.3, -0.25) is 4.99 Å². The molecule has 9 heteroatoms. The molecule has 5 N–H and O–H groups in total. The van der Waals surface area contributed by atoms with E-state index in [9.17, 15) is 8.42 Å². The van der Waals surface area contributed by atoms with Crippen molar-refractivity contribution in [1.82, 2.24) is 11.5 Å². The SMILES string of the molecule is C1=NCCN1.CCCCCCCCCCCCCC/C=C/C(CCO)OS(=O)(=O)OCC.N. The van der Waals surface area contributed by atoms with Gasteiger partial charge in [0.05, 0.1) is 25.6 Å². The molecule has 1 heterocycles. The number of aliphatic hydroxyl groups is 1. The van der Waals surface area contributed by atoms with E-state index in [4.69, 9.17) is 9.29 Å². The summed E-state index contributed by atoms with van der Waals surface area (Å²) < 4.78 is 32.5. The number of unbranched alkanes of at least 4 members (excludes halogenated alkanes) is 12. The molecular formula is C24H51N3O5S. The third kappa shape index (κ3) is 25.5. The van der Waals surface area contributed by atoms with Crippen molar-refractivity contribution in [3.63, 3.8) is 0 Å². The third-order valence-corrected chi connectivity index (χ3v) is 6.07. The average molecular weight is 494 g/mol. The van der Waals surface area contributed by atoms with Crippen LogP contribution in [0, 0.1) is 0 Å². The van der Waals surface area contributed by atoms with E-state index in [-0.39, 0.29) is 25.8 Å². The molecule has 198 valence electrons. The van der Waals surface area contributed by atoms with Crippen molar-refractivity contribution in [3.05, 3.63) is 12.2 Å². The van der Waals surface area contributed by atoms with Crippen LogP contribution in [-0.4, -0.2) is 52.3 Å². The quantitative estimate of drug-likeness (QED) is 0.151. The normalized spacial score (nSPS) is 13.9. The minimum Gasteiger partial charge on any atom is -0.396 e. The van der Waals surface area contributed by atoms with Crippen LogP contribution in [0.5, 0.6) is 0 Å². The van der Waals surface area contributed by atoms with Gasteiger partial charge in [-0.2, -0.15) is 8.42 Å². The highest BCUT2D eigenvalue weighted by Gasteiger charge is 2.17. The van der Waals surface area contributed by atoms with E-state index in [0.29, 0.717) is 0 Å². The molecule has 1 aliphatic heterocycles. The van der Waals surface area contributed by atoms with E-state index >= 15 is 0 Å². The summed E-state index contributed by atoms with van der Waals surface area (Å²) in [5.74, 6) is 0. The van der Waals surface area contributed by atoms with Crippen LogP contribution in [0.25, 0.3) is 0 Å². The molecule has 0 aliphatic carbocycles. The minimum atomic E-state index is -3.98. The number of allylic oxidation sites excluding steroid dienone is 1. The molecule has 33 heavy (non-hydrogen) atoms. The monoisotopic (exact) mass is 493 g/mol. The van der Waals surface area contributed by atoms with Gasteiger partial charge in [-0.15, -0.1) is 0 Å². The lowest BCUT2D eigenvalue weighted by Gasteiger charge is -2.12. The fraction of sp³-hybridized carbons (Fsp3) is 0.875. The Morgan fingerprint density at radius 1 is 1.00 bits per heavy atom. The maximum atomic E-state index is 11.5. The highest BCUT2D eigenvalue weighted by Crippen LogP contribution is 2.13. The van der Waals surface area contributed by atoms with Gasteiger partial charge in [0, 0.05) is 19.6 Å². The molecule has 0 fully saturated rings. The van der Waals surface area contributed by atoms with Crippen molar-refractivity contribution < 1.29 is 21.9 Å². The highest BCUT2D eigenvalue weighted by atomic mass is 32.3. The number of aliphatic imine (C=N–C) groups is 1. The zero-order chi connectivity index (χ0) is 23.8. The van der Waals surface area contributed by atoms with Gasteiger partial charge in [0.25, 0.3) is 0 Å². The van der Waals surface area contributed by atoms with Crippen molar-refractivity contribution in [2.75, 3.05) is 26.3 Å². The van der Waals surface area contributed by atoms with Gasteiger partial charge in [0.15, 0.2) is 0 Å². The molecule has 1 atom stereocenters. The first-order valence-electron chi connectivity index (χ1n) is 12.6. The van der Waals surface area contributed by atoms with Gasteiger partial charge in [0.2, 0.25) is 0 Å². The smallest absolute Gasteiger partial charge is 0.396 e. The first kappa shape index (κ1) is 34.2. The Morgan fingerprint density at radius 2 is 1.58 bits per heavy atom. The molecule has 0 radical (unpaired) electrons. The van der Waals surface area contributed by atoms with Gasteiger partial charge < -0.3 is 16.6 Å². The number of nitrogens with one attached hydrogen (secondary N) is 1. The maximum Gasteiger partial charge on any atom is 0.400 e. The van der Waals surface area contributed by atoms with Gasteiger partial charge in [-0.1, -0.05) is 89.7 Å². The van der Waals surface area contributed by atoms with Gasteiger partial charge in [-0.25, -0.2) is 8.37 Å². The van der Waals surface area contributed by atoms with Crippen LogP contribution in [-0.2, 0) is 18.8 Å². The minimum absolute atomic E-state index is 0. The Hall–Kier alpha value is -1.00. The standard InChI is InChI=1S/C21H42O5S.C3H6N2.H3N/c1-3-5-6-7-8-9-10-11-12-13-14-15-16-17-18-21(19-20-22)26-27(23,24)25-4-2;1-2-5-3-4-1;/h17-18,21-22H,3-16,19-20H2,1-2H3;3H,1-2H2,(H,4,5);1H3/b18-17+;;. The van der Waals surface area contributed by atoms with Crippen molar-refractivity contribution in [2.24, 2.45) is 4.99 Å². The van der Waals surface area contributed by atoms with Crippen molar-refractivity contribution in [3.8, 4) is 0 Å². The Kier molecular flexibility index (Phi) is 26.5. The molecule has 1 aliphatic rings. The summed E-state index contributed by atoms with van der Waals surface area (Å²) in [5, 5.41) is 12.0. The molecule has 0 amide bonds. The van der Waals surface area contributed by atoms with Crippen molar-refractivity contribution in [1.29, 1.82) is 0 Å². The summed E-state index contributed by atoms with van der Waals surface area (Å²) in [6.07, 6.45) is 21.7. The van der Waals surface area contributed by atoms with Gasteiger partial charge in [-0.05, 0) is 19.8 Å². The van der Waals surface area contributed by atoms with E-state index < -0.39 is 16.5 Å². The fourth-order valence-corrected chi connectivity index (χ4v) is 4.11. The number of aliphatic hydroxyl groups excluding tert-OH is 1. The third-order valence-electron chi connectivity index (χ3n) is 5.06. The van der Waals surface area contributed by atoms with Gasteiger partial charge >= 0.3 is 10.4 Å². The second-order valence-corrected chi connectivity index (χ2v) is 9.30. The first-order chi connectivity index (χ1) is 15.6. The topological polar surface area (TPSA) is 132 Å². The van der Waals surface area contributed by atoms with Crippen molar-refractivity contribution in [2.45, 2.75) is 110 Å². The fourth-order valence-electron chi connectivity index (χ4n) is 3.30. The number of nitrogens with zero attached hydrogens (tertiary/aromatic N) is 1. The second-order valence-electron chi connectivity index (χ2n) is 8.06. The molecule has 0 aromatic carbocycles. The molecule has 0 aromatic heterocycles. The van der Waals surface area contributed by atoms with Gasteiger partial charge in [0.1, 0.15) is 0 Å². The summed E-state index contributed by atoms with van der Waals surface area (Å²) in [6, 6.07) is 0. The predicted octanol–water partition coefficient (Wildman–Crippen LogP) is 5.46. The molecule has 0 saturated carbocycles. The largest absolute Gasteiger partial charge is 0.400 e. The van der Waals surface area contributed by atoms with Crippen LogP contribution in [0.4, 0.5) is 0 Å². The maximum absolute atomic E-state index is 11.5. The summed E-state index contributed by atoms with van der Waals surface area (Å²) >= 11 is 0. The van der Waals surface area contributed by atoms with Crippen LogP contribution in [0.2, 0.25) is 0 Å². The van der Waals surface area contributed by atoms with E-state index in [1.54, 1.807) is 19.3 Å². The zero-order valence-corrected chi connectivity index (χ0v) is 22.0. The second kappa shape index (κ2) is 25.6. The lowest BCUT2D eigenvalue weighted by atomic mass is 10.0. The summed E-state index contributed by atoms with van der Waals surface area (Å²) in [7, 11) is -3.98. The first-order valence-corrected chi connectivity index (χ1v) is 14.0. The molecule has 8 nitrogen and oxygen atoms in total.